The maximum atomic E-state index is 11.6. The first kappa shape index (κ1) is 13.7. The number of ether oxygens (including phenoxy) is 2. The summed E-state index contributed by atoms with van der Waals surface area (Å²) in [6.45, 7) is 1.27. The van der Waals surface area contributed by atoms with Crippen molar-refractivity contribution in [2.45, 2.75) is 31.8 Å². The molecule has 0 saturated carbocycles. The van der Waals surface area contributed by atoms with Gasteiger partial charge in [0.05, 0.1) is 18.8 Å². The van der Waals surface area contributed by atoms with E-state index in [1.54, 1.807) is 4.57 Å². The Hall–Kier alpha value is -2.26. The third-order valence-electron chi connectivity index (χ3n) is 3.33. The van der Waals surface area contributed by atoms with Crippen molar-refractivity contribution in [3.05, 3.63) is 23.0 Å². The Kier molecular flexibility index (Phi) is 3.43. The second-order valence-electron chi connectivity index (χ2n) is 4.79. The molecule has 0 unspecified atom stereocenters. The van der Waals surface area contributed by atoms with E-state index in [2.05, 4.69) is 15.0 Å². The van der Waals surface area contributed by atoms with Crippen LogP contribution < -0.4 is 5.56 Å². The number of imidazole rings is 1. The van der Waals surface area contributed by atoms with E-state index in [9.17, 15) is 14.7 Å². The Labute approximate surface area is 118 Å². The highest BCUT2D eigenvalue weighted by Crippen LogP contribution is 2.30. The van der Waals surface area contributed by atoms with Crippen LogP contribution in [0.3, 0.4) is 0 Å². The van der Waals surface area contributed by atoms with E-state index < -0.39 is 24.4 Å². The molecule has 9 heteroatoms. The van der Waals surface area contributed by atoms with Gasteiger partial charge in [-0.05, 0) is 0 Å². The summed E-state index contributed by atoms with van der Waals surface area (Å²) >= 11 is 0. The number of aromatic nitrogens is 4. The van der Waals surface area contributed by atoms with Gasteiger partial charge >= 0.3 is 5.97 Å². The zero-order valence-electron chi connectivity index (χ0n) is 11.2. The van der Waals surface area contributed by atoms with Crippen molar-refractivity contribution in [1.29, 1.82) is 0 Å². The number of esters is 1. The number of nitrogens with one attached hydrogen (secondary N) is 1. The maximum Gasteiger partial charge on any atom is 0.302 e. The lowest BCUT2D eigenvalue weighted by atomic mass is 10.2. The molecule has 0 aliphatic carbocycles. The smallest absolute Gasteiger partial charge is 0.302 e. The highest BCUT2D eigenvalue weighted by atomic mass is 16.6. The van der Waals surface area contributed by atoms with Gasteiger partial charge in [-0.1, -0.05) is 0 Å². The monoisotopic (exact) mass is 294 g/mol. The van der Waals surface area contributed by atoms with Crippen LogP contribution in [0, 0.1) is 0 Å². The van der Waals surface area contributed by atoms with Gasteiger partial charge in [-0.25, -0.2) is 9.97 Å². The Morgan fingerprint density at radius 3 is 3.19 bits per heavy atom. The van der Waals surface area contributed by atoms with Gasteiger partial charge < -0.3 is 19.6 Å². The van der Waals surface area contributed by atoms with Gasteiger partial charge in [0.1, 0.15) is 18.9 Å². The zero-order chi connectivity index (χ0) is 15.0. The molecule has 2 aromatic heterocycles. The van der Waals surface area contributed by atoms with Crippen LogP contribution in [0.2, 0.25) is 0 Å². The van der Waals surface area contributed by atoms with Crippen LogP contribution in [0.15, 0.2) is 17.4 Å². The molecule has 21 heavy (non-hydrogen) atoms. The SMILES string of the molecule is CC(=O)OC[C@H]1O[C@@H](n2cnc3c(=O)[nH]cnc32)C[C@@H]1O. The van der Waals surface area contributed by atoms with Crippen LogP contribution in [-0.2, 0) is 14.3 Å². The summed E-state index contributed by atoms with van der Waals surface area (Å²) in [5.41, 5.74) is 0.247. The fourth-order valence-corrected chi connectivity index (χ4v) is 2.31. The number of hydrogen-bond acceptors (Lipinski definition) is 7. The largest absolute Gasteiger partial charge is 0.463 e. The van der Waals surface area contributed by atoms with Crippen molar-refractivity contribution in [1.82, 2.24) is 19.5 Å². The van der Waals surface area contributed by atoms with Crippen LogP contribution >= 0.6 is 0 Å². The summed E-state index contributed by atoms with van der Waals surface area (Å²) in [5.74, 6) is -0.435. The van der Waals surface area contributed by atoms with Gasteiger partial charge in [0, 0.05) is 13.3 Å². The number of aliphatic hydroxyl groups excluding tert-OH is 1. The highest BCUT2D eigenvalue weighted by Gasteiger charge is 2.36. The Bertz CT molecular complexity index is 724. The molecular formula is C12H14N4O5. The summed E-state index contributed by atoms with van der Waals surface area (Å²) in [6.07, 6.45) is 1.13. The first-order chi connectivity index (χ1) is 10.1. The van der Waals surface area contributed by atoms with Gasteiger partial charge in [-0.3, -0.25) is 14.2 Å². The Balaban J connectivity index is 1.82. The van der Waals surface area contributed by atoms with Gasteiger partial charge in [0.25, 0.3) is 5.56 Å². The molecule has 3 atom stereocenters. The molecule has 0 radical (unpaired) electrons. The maximum absolute atomic E-state index is 11.6. The summed E-state index contributed by atoms with van der Waals surface area (Å²) < 4.78 is 12.1. The van der Waals surface area contributed by atoms with Crippen LogP contribution in [0.4, 0.5) is 0 Å². The van der Waals surface area contributed by atoms with Crippen LogP contribution in [0.1, 0.15) is 19.6 Å². The third kappa shape index (κ3) is 2.52. The highest BCUT2D eigenvalue weighted by molar-refractivity contribution is 5.68. The first-order valence-corrected chi connectivity index (χ1v) is 6.43. The van der Waals surface area contributed by atoms with Crippen molar-refractivity contribution in [2.24, 2.45) is 0 Å². The fraction of sp³-hybridized carbons (Fsp3) is 0.500. The fourth-order valence-electron chi connectivity index (χ4n) is 2.31. The number of carbonyl (C=O) groups is 1. The predicted molar refractivity (Wildman–Crippen MR) is 69.3 cm³/mol. The molecule has 1 fully saturated rings. The number of rotatable bonds is 3. The predicted octanol–water partition coefficient (Wildman–Crippen LogP) is -0.669. The molecule has 0 amide bonds. The van der Waals surface area contributed by atoms with Gasteiger partial charge in [0.15, 0.2) is 11.2 Å². The zero-order valence-corrected chi connectivity index (χ0v) is 11.2. The minimum absolute atomic E-state index is 0.0202. The summed E-state index contributed by atoms with van der Waals surface area (Å²) in [5, 5.41) is 9.96. The standard InChI is InChI=1S/C12H14N4O5/c1-6(17)20-3-8-7(18)2-9(21-8)16-5-15-10-11(16)13-4-14-12(10)19/h4-5,7-9,18H,2-3H2,1H3,(H,13,14,19)/t7-,8+,9+/m0/s1. The van der Waals surface area contributed by atoms with Crippen molar-refractivity contribution >= 4 is 17.1 Å². The van der Waals surface area contributed by atoms with Crippen molar-refractivity contribution in [3.63, 3.8) is 0 Å². The summed E-state index contributed by atoms with van der Waals surface area (Å²) in [6, 6.07) is 0. The van der Waals surface area contributed by atoms with Crippen LogP contribution in [-0.4, -0.2) is 49.4 Å². The molecule has 1 saturated heterocycles. The number of nitrogens with zero attached hydrogens (tertiary/aromatic N) is 3. The number of aromatic amines is 1. The van der Waals surface area contributed by atoms with Crippen LogP contribution in [0.25, 0.3) is 11.2 Å². The number of carbonyl (C=O) groups excluding carboxylic acids is 1. The molecule has 0 spiro atoms. The number of H-pyrrole nitrogens is 1. The van der Waals surface area contributed by atoms with Gasteiger partial charge in [-0.15, -0.1) is 0 Å². The summed E-state index contributed by atoms with van der Waals surface area (Å²) in [7, 11) is 0. The summed E-state index contributed by atoms with van der Waals surface area (Å²) in [4.78, 5) is 32.9. The quantitative estimate of drug-likeness (QED) is 0.720. The molecular weight excluding hydrogens is 280 g/mol. The van der Waals surface area contributed by atoms with Crippen molar-refractivity contribution in [2.75, 3.05) is 6.61 Å². The second kappa shape index (κ2) is 5.26. The first-order valence-electron chi connectivity index (χ1n) is 6.43. The number of hydrogen-bond donors (Lipinski definition) is 2. The van der Waals surface area contributed by atoms with E-state index in [4.69, 9.17) is 9.47 Å². The lowest BCUT2D eigenvalue weighted by Crippen LogP contribution is -2.27. The van der Waals surface area contributed by atoms with E-state index in [0.717, 1.165) is 0 Å². The minimum Gasteiger partial charge on any atom is -0.463 e. The van der Waals surface area contributed by atoms with E-state index in [0.29, 0.717) is 12.1 Å². The second-order valence-corrected chi connectivity index (χ2v) is 4.79. The number of fused-ring (bicyclic) bond motifs is 1. The van der Waals surface area contributed by atoms with Crippen molar-refractivity contribution in [3.8, 4) is 0 Å². The van der Waals surface area contributed by atoms with Crippen LogP contribution in [0.5, 0.6) is 0 Å². The molecule has 2 aromatic rings. The Morgan fingerprint density at radius 1 is 1.62 bits per heavy atom. The van der Waals surface area contributed by atoms with Gasteiger partial charge in [-0.2, -0.15) is 0 Å². The molecule has 3 heterocycles. The average molecular weight is 294 g/mol. The van der Waals surface area contributed by atoms with E-state index >= 15 is 0 Å². The lowest BCUT2D eigenvalue weighted by molar-refractivity contribution is -0.147. The minimum atomic E-state index is -0.770. The average Bonchev–Trinajstić information content (AvgIpc) is 3.01. The molecule has 0 bridgehead atoms. The van der Waals surface area contributed by atoms with Gasteiger partial charge in [0.2, 0.25) is 0 Å². The molecule has 0 aromatic carbocycles. The molecule has 2 N–H and O–H groups in total. The van der Waals surface area contributed by atoms with E-state index in [1.165, 1.54) is 19.6 Å². The van der Waals surface area contributed by atoms with E-state index in [-0.39, 0.29) is 17.7 Å². The third-order valence-corrected chi connectivity index (χ3v) is 3.33. The van der Waals surface area contributed by atoms with Crippen molar-refractivity contribution < 1.29 is 19.4 Å². The molecule has 1 aliphatic rings. The molecule has 3 rings (SSSR count). The van der Waals surface area contributed by atoms with E-state index in [1.807, 2.05) is 0 Å². The molecule has 1 aliphatic heterocycles. The normalized spacial score (nSPS) is 25.3. The molecule has 112 valence electrons. The Morgan fingerprint density at radius 2 is 2.43 bits per heavy atom. The topological polar surface area (TPSA) is 119 Å². The molecule has 9 nitrogen and oxygen atoms in total. The number of aliphatic hydroxyl groups is 1. The lowest BCUT2D eigenvalue weighted by Gasteiger charge is -2.15.